The van der Waals surface area contributed by atoms with Crippen LogP contribution < -0.4 is 10.6 Å². The zero-order chi connectivity index (χ0) is 14.4. The fourth-order valence-corrected chi connectivity index (χ4v) is 2.08. The Morgan fingerprint density at radius 1 is 1.25 bits per heavy atom. The van der Waals surface area contributed by atoms with Crippen LogP contribution in [0.1, 0.15) is 12.5 Å². The van der Waals surface area contributed by atoms with Gasteiger partial charge in [-0.2, -0.15) is 4.98 Å². The Hall–Kier alpha value is -1.69. The van der Waals surface area contributed by atoms with E-state index in [9.17, 15) is 4.39 Å². The molecule has 4 nitrogen and oxygen atoms in total. The summed E-state index contributed by atoms with van der Waals surface area (Å²) in [5.74, 6) is 1.10. The predicted molar refractivity (Wildman–Crippen MR) is 82.5 cm³/mol. The molecule has 0 radical (unpaired) electrons. The van der Waals surface area contributed by atoms with Gasteiger partial charge in [-0.05, 0) is 40.9 Å². The molecule has 1 heterocycles. The van der Waals surface area contributed by atoms with E-state index in [1.165, 1.54) is 6.07 Å². The minimum Gasteiger partial charge on any atom is -0.369 e. The van der Waals surface area contributed by atoms with Gasteiger partial charge in [0.2, 0.25) is 5.95 Å². The summed E-state index contributed by atoms with van der Waals surface area (Å²) < 4.78 is 14.3. The van der Waals surface area contributed by atoms with Gasteiger partial charge < -0.3 is 10.6 Å². The number of nitrogens with one attached hydrogen (secondary N) is 2. The van der Waals surface area contributed by atoms with Crippen molar-refractivity contribution in [3.8, 4) is 0 Å². The van der Waals surface area contributed by atoms with Crippen LogP contribution in [0.2, 0.25) is 0 Å². The average Bonchev–Trinajstić information content (AvgIpc) is 2.44. The van der Waals surface area contributed by atoms with Gasteiger partial charge in [0.25, 0.3) is 0 Å². The van der Waals surface area contributed by atoms with Crippen molar-refractivity contribution in [2.75, 3.05) is 23.7 Å². The molecule has 0 aliphatic rings. The zero-order valence-electron chi connectivity index (χ0n) is 11.2. The van der Waals surface area contributed by atoms with Crippen LogP contribution >= 0.6 is 15.9 Å². The van der Waals surface area contributed by atoms with Crippen LogP contribution in [0.5, 0.6) is 0 Å². The molecule has 0 atom stereocenters. The van der Waals surface area contributed by atoms with E-state index in [0.29, 0.717) is 30.3 Å². The number of nitrogens with zero attached hydrogens (tertiary/aromatic N) is 2. The second-order valence-corrected chi connectivity index (χ2v) is 5.04. The average molecular weight is 339 g/mol. The lowest BCUT2D eigenvalue weighted by Gasteiger charge is -2.09. The fraction of sp³-hybridized carbons (Fsp3) is 0.286. The fourth-order valence-electron chi connectivity index (χ4n) is 1.75. The van der Waals surface area contributed by atoms with E-state index in [1.54, 1.807) is 18.3 Å². The zero-order valence-corrected chi connectivity index (χ0v) is 12.7. The summed E-state index contributed by atoms with van der Waals surface area (Å²) in [6.07, 6.45) is 2.29. The Morgan fingerprint density at radius 2 is 2.05 bits per heavy atom. The lowest BCUT2D eigenvalue weighted by atomic mass is 10.1. The molecule has 0 aliphatic carbocycles. The predicted octanol–water partition coefficient (Wildman–Crippen LogP) is 3.46. The number of anilines is 2. The van der Waals surface area contributed by atoms with Crippen molar-refractivity contribution in [2.45, 2.75) is 13.3 Å². The van der Waals surface area contributed by atoms with Gasteiger partial charge in [-0.25, -0.2) is 9.37 Å². The molecule has 0 saturated heterocycles. The largest absolute Gasteiger partial charge is 0.369 e. The SMILES string of the molecule is CCNc1ncc(Br)c(NCCc2ccccc2F)n1. The first-order chi connectivity index (χ1) is 9.70. The lowest BCUT2D eigenvalue weighted by Crippen LogP contribution is -2.10. The molecule has 2 rings (SSSR count). The van der Waals surface area contributed by atoms with Gasteiger partial charge in [0, 0.05) is 19.3 Å². The van der Waals surface area contributed by atoms with Gasteiger partial charge in [-0.15, -0.1) is 0 Å². The molecule has 0 bridgehead atoms. The molecule has 2 aromatic rings. The van der Waals surface area contributed by atoms with Crippen LogP contribution in [-0.4, -0.2) is 23.1 Å². The second-order valence-electron chi connectivity index (χ2n) is 4.19. The number of halogens is 2. The van der Waals surface area contributed by atoms with Crippen LogP contribution in [0.4, 0.5) is 16.2 Å². The Balaban J connectivity index is 1.97. The highest BCUT2D eigenvalue weighted by Gasteiger charge is 2.05. The van der Waals surface area contributed by atoms with Crippen molar-refractivity contribution in [2.24, 2.45) is 0 Å². The molecule has 0 spiro atoms. The number of hydrogen-bond donors (Lipinski definition) is 2. The molecule has 0 amide bonds. The number of benzene rings is 1. The Morgan fingerprint density at radius 3 is 2.80 bits per heavy atom. The first-order valence-electron chi connectivity index (χ1n) is 6.44. The highest BCUT2D eigenvalue weighted by Crippen LogP contribution is 2.20. The first-order valence-corrected chi connectivity index (χ1v) is 7.23. The van der Waals surface area contributed by atoms with Gasteiger partial charge in [0.1, 0.15) is 11.6 Å². The van der Waals surface area contributed by atoms with E-state index in [1.807, 2.05) is 13.0 Å². The summed E-state index contributed by atoms with van der Waals surface area (Å²) in [5, 5.41) is 6.23. The minimum absolute atomic E-state index is 0.176. The van der Waals surface area contributed by atoms with Crippen LogP contribution in [0.3, 0.4) is 0 Å². The summed E-state index contributed by atoms with van der Waals surface area (Å²) in [4.78, 5) is 8.48. The second kappa shape index (κ2) is 7.19. The van der Waals surface area contributed by atoms with Gasteiger partial charge in [-0.1, -0.05) is 18.2 Å². The van der Waals surface area contributed by atoms with Gasteiger partial charge in [0.15, 0.2) is 0 Å². The Bertz CT molecular complexity index is 577. The molecular formula is C14H16BrFN4. The number of hydrogen-bond acceptors (Lipinski definition) is 4. The lowest BCUT2D eigenvalue weighted by molar-refractivity contribution is 0.610. The smallest absolute Gasteiger partial charge is 0.224 e. The normalized spacial score (nSPS) is 10.3. The molecule has 6 heteroatoms. The van der Waals surface area contributed by atoms with Crippen molar-refractivity contribution < 1.29 is 4.39 Å². The topological polar surface area (TPSA) is 49.8 Å². The molecule has 0 unspecified atom stereocenters. The van der Waals surface area contributed by atoms with Crippen molar-refractivity contribution in [1.82, 2.24) is 9.97 Å². The molecular weight excluding hydrogens is 323 g/mol. The third-order valence-electron chi connectivity index (χ3n) is 2.72. The maximum absolute atomic E-state index is 13.5. The van der Waals surface area contributed by atoms with Crippen molar-refractivity contribution in [1.29, 1.82) is 0 Å². The summed E-state index contributed by atoms with van der Waals surface area (Å²) >= 11 is 3.39. The maximum Gasteiger partial charge on any atom is 0.224 e. The van der Waals surface area contributed by atoms with E-state index in [2.05, 4.69) is 36.5 Å². The Labute approximate surface area is 126 Å². The minimum atomic E-state index is -0.176. The molecule has 20 heavy (non-hydrogen) atoms. The molecule has 2 N–H and O–H groups in total. The van der Waals surface area contributed by atoms with Crippen LogP contribution in [0.25, 0.3) is 0 Å². The van der Waals surface area contributed by atoms with Gasteiger partial charge in [0.05, 0.1) is 4.47 Å². The first kappa shape index (κ1) is 14.7. The Kier molecular flexibility index (Phi) is 5.29. The summed E-state index contributed by atoms with van der Waals surface area (Å²) in [6, 6.07) is 6.79. The van der Waals surface area contributed by atoms with Crippen molar-refractivity contribution in [3.05, 3.63) is 46.3 Å². The van der Waals surface area contributed by atoms with Crippen molar-refractivity contribution >= 4 is 27.7 Å². The molecule has 1 aromatic carbocycles. The number of rotatable bonds is 6. The van der Waals surface area contributed by atoms with E-state index < -0.39 is 0 Å². The van der Waals surface area contributed by atoms with Crippen molar-refractivity contribution in [3.63, 3.8) is 0 Å². The third-order valence-corrected chi connectivity index (χ3v) is 3.30. The number of aromatic nitrogens is 2. The molecule has 106 valence electrons. The van der Waals surface area contributed by atoms with Gasteiger partial charge >= 0.3 is 0 Å². The van der Waals surface area contributed by atoms with E-state index in [-0.39, 0.29) is 5.82 Å². The van der Waals surface area contributed by atoms with Crippen LogP contribution in [0, 0.1) is 5.82 Å². The maximum atomic E-state index is 13.5. The highest BCUT2D eigenvalue weighted by molar-refractivity contribution is 9.10. The monoisotopic (exact) mass is 338 g/mol. The van der Waals surface area contributed by atoms with Crippen LogP contribution in [0.15, 0.2) is 34.9 Å². The van der Waals surface area contributed by atoms with Gasteiger partial charge in [-0.3, -0.25) is 0 Å². The quantitative estimate of drug-likeness (QED) is 0.846. The van der Waals surface area contributed by atoms with Crippen LogP contribution in [-0.2, 0) is 6.42 Å². The third kappa shape index (κ3) is 3.90. The van der Waals surface area contributed by atoms with E-state index >= 15 is 0 Å². The summed E-state index contributed by atoms with van der Waals surface area (Å²) in [7, 11) is 0. The molecule has 0 fully saturated rings. The standard InChI is InChI=1S/C14H16BrFN4/c1-2-17-14-19-9-11(15)13(20-14)18-8-7-10-5-3-4-6-12(10)16/h3-6,9H,2,7-8H2,1H3,(H2,17,18,19,20). The summed E-state index contributed by atoms with van der Waals surface area (Å²) in [5.41, 5.74) is 0.692. The molecule has 0 saturated carbocycles. The molecule has 1 aromatic heterocycles. The highest BCUT2D eigenvalue weighted by atomic mass is 79.9. The van der Waals surface area contributed by atoms with E-state index in [0.717, 1.165) is 11.0 Å². The van der Waals surface area contributed by atoms with E-state index in [4.69, 9.17) is 0 Å². The summed E-state index contributed by atoms with van der Waals surface area (Å²) in [6.45, 7) is 3.34. The molecule has 0 aliphatic heterocycles.